The molecular formula is C20H20ClN3O3. The van der Waals surface area contributed by atoms with Crippen LogP contribution in [0.1, 0.15) is 23.0 Å². The molecule has 6 nitrogen and oxygen atoms in total. The number of nitrogens with zero attached hydrogens (tertiary/aromatic N) is 2. The number of para-hydroxylation sites is 1. The highest BCUT2D eigenvalue weighted by atomic mass is 35.5. The van der Waals surface area contributed by atoms with Gasteiger partial charge < -0.3 is 10.1 Å². The van der Waals surface area contributed by atoms with E-state index in [0.717, 1.165) is 5.69 Å². The Morgan fingerprint density at radius 2 is 1.89 bits per heavy atom. The first-order valence-corrected chi connectivity index (χ1v) is 8.89. The SMILES string of the molecule is CCOc1ccc(C(=O)Nc2c(C)n(C)n(-c3ccccc3)c2=O)cc1Cl. The quantitative estimate of drug-likeness (QED) is 0.726. The van der Waals surface area contributed by atoms with Crippen molar-refractivity contribution in [1.82, 2.24) is 9.36 Å². The van der Waals surface area contributed by atoms with Crippen LogP contribution in [0.3, 0.4) is 0 Å². The summed E-state index contributed by atoms with van der Waals surface area (Å²) in [5.41, 5.74) is 1.65. The van der Waals surface area contributed by atoms with Gasteiger partial charge in [0.25, 0.3) is 11.5 Å². The van der Waals surface area contributed by atoms with Gasteiger partial charge in [0.1, 0.15) is 11.4 Å². The van der Waals surface area contributed by atoms with E-state index < -0.39 is 5.91 Å². The minimum absolute atomic E-state index is 0.233. The lowest BCUT2D eigenvalue weighted by atomic mass is 10.2. The molecule has 0 saturated heterocycles. The molecule has 0 aliphatic heterocycles. The number of rotatable bonds is 5. The molecule has 0 atom stereocenters. The summed E-state index contributed by atoms with van der Waals surface area (Å²) in [6.45, 7) is 4.11. The highest BCUT2D eigenvalue weighted by molar-refractivity contribution is 6.32. The van der Waals surface area contributed by atoms with E-state index in [1.807, 2.05) is 37.3 Å². The first-order valence-electron chi connectivity index (χ1n) is 8.51. The highest BCUT2D eigenvalue weighted by Crippen LogP contribution is 2.26. The van der Waals surface area contributed by atoms with Gasteiger partial charge in [-0.15, -0.1) is 0 Å². The first kappa shape index (κ1) is 18.8. The van der Waals surface area contributed by atoms with Crippen LogP contribution >= 0.6 is 11.6 Å². The third kappa shape index (κ3) is 3.61. The van der Waals surface area contributed by atoms with Crippen molar-refractivity contribution in [3.05, 3.63) is 75.2 Å². The molecule has 0 aliphatic rings. The normalized spacial score (nSPS) is 10.7. The molecule has 7 heteroatoms. The number of carbonyl (C=O) groups is 1. The fourth-order valence-electron chi connectivity index (χ4n) is 2.81. The third-order valence-corrected chi connectivity index (χ3v) is 4.58. The van der Waals surface area contributed by atoms with Gasteiger partial charge in [0.15, 0.2) is 0 Å². The summed E-state index contributed by atoms with van der Waals surface area (Å²) in [5.74, 6) is 0.101. The van der Waals surface area contributed by atoms with Gasteiger partial charge >= 0.3 is 0 Å². The number of hydrogen-bond donors (Lipinski definition) is 1. The van der Waals surface area contributed by atoms with Crippen LogP contribution in [0.2, 0.25) is 5.02 Å². The van der Waals surface area contributed by atoms with E-state index >= 15 is 0 Å². The second kappa shape index (κ2) is 7.72. The van der Waals surface area contributed by atoms with E-state index in [1.165, 1.54) is 10.7 Å². The van der Waals surface area contributed by atoms with E-state index in [9.17, 15) is 9.59 Å². The summed E-state index contributed by atoms with van der Waals surface area (Å²) in [6.07, 6.45) is 0. The van der Waals surface area contributed by atoms with Crippen LogP contribution in [0.5, 0.6) is 5.75 Å². The van der Waals surface area contributed by atoms with Crippen LogP contribution in [0.4, 0.5) is 5.69 Å². The number of aromatic nitrogens is 2. The molecular weight excluding hydrogens is 366 g/mol. The predicted molar refractivity (Wildman–Crippen MR) is 106 cm³/mol. The molecule has 0 fully saturated rings. The lowest BCUT2D eigenvalue weighted by Gasteiger charge is -2.08. The highest BCUT2D eigenvalue weighted by Gasteiger charge is 2.19. The second-order valence-corrected chi connectivity index (χ2v) is 6.38. The number of benzene rings is 2. The van der Waals surface area contributed by atoms with Crippen molar-refractivity contribution in [2.75, 3.05) is 11.9 Å². The van der Waals surface area contributed by atoms with Crippen LogP contribution in [-0.4, -0.2) is 21.9 Å². The zero-order valence-electron chi connectivity index (χ0n) is 15.3. The molecule has 1 heterocycles. The molecule has 0 saturated carbocycles. The van der Waals surface area contributed by atoms with E-state index in [2.05, 4.69) is 5.32 Å². The molecule has 0 aliphatic carbocycles. The van der Waals surface area contributed by atoms with Crippen LogP contribution in [0, 0.1) is 6.92 Å². The van der Waals surface area contributed by atoms with E-state index in [-0.39, 0.29) is 11.2 Å². The van der Waals surface area contributed by atoms with Gasteiger partial charge in [0.2, 0.25) is 0 Å². The molecule has 2 aromatic carbocycles. The maximum atomic E-state index is 12.9. The number of hydrogen-bond acceptors (Lipinski definition) is 3. The fraction of sp³-hybridized carbons (Fsp3) is 0.200. The van der Waals surface area contributed by atoms with Crippen LogP contribution in [-0.2, 0) is 7.05 Å². The average molecular weight is 386 g/mol. The van der Waals surface area contributed by atoms with Gasteiger partial charge in [0, 0.05) is 12.6 Å². The monoisotopic (exact) mass is 385 g/mol. The Kier molecular flexibility index (Phi) is 5.37. The van der Waals surface area contributed by atoms with E-state index in [4.69, 9.17) is 16.3 Å². The summed E-state index contributed by atoms with van der Waals surface area (Å²) in [6, 6.07) is 14.0. The van der Waals surface area contributed by atoms with Crippen molar-refractivity contribution in [1.29, 1.82) is 0 Å². The standard InChI is InChI=1S/C20H20ClN3O3/c1-4-27-17-11-10-14(12-16(17)21)19(25)22-18-13(2)23(3)24(20(18)26)15-8-6-5-7-9-15/h5-12H,4H2,1-3H3,(H,22,25). The summed E-state index contributed by atoms with van der Waals surface area (Å²) in [5, 5.41) is 3.06. The van der Waals surface area contributed by atoms with Crippen LogP contribution in [0.25, 0.3) is 5.69 Å². The van der Waals surface area contributed by atoms with Gasteiger partial charge in [-0.2, -0.15) is 0 Å². The zero-order valence-corrected chi connectivity index (χ0v) is 16.1. The second-order valence-electron chi connectivity index (χ2n) is 5.97. The lowest BCUT2D eigenvalue weighted by Crippen LogP contribution is -2.23. The Balaban J connectivity index is 1.93. The van der Waals surface area contributed by atoms with Gasteiger partial charge in [-0.05, 0) is 44.2 Å². The molecule has 27 heavy (non-hydrogen) atoms. The third-order valence-electron chi connectivity index (χ3n) is 4.29. The Labute approximate surface area is 161 Å². The molecule has 0 unspecified atom stereocenters. The zero-order chi connectivity index (χ0) is 19.6. The smallest absolute Gasteiger partial charge is 0.295 e. The Morgan fingerprint density at radius 1 is 1.19 bits per heavy atom. The van der Waals surface area contributed by atoms with E-state index in [0.29, 0.717) is 28.6 Å². The molecule has 1 N–H and O–H groups in total. The van der Waals surface area contributed by atoms with Crippen molar-refractivity contribution >= 4 is 23.2 Å². The van der Waals surface area contributed by atoms with Crippen LogP contribution < -0.4 is 15.6 Å². The largest absolute Gasteiger partial charge is 0.492 e. The number of halogens is 1. The molecule has 140 valence electrons. The lowest BCUT2D eigenvalue weighted by molar-refractivity contribution is 0.102. The molecule has 1 amide bonds. The number of nitrogens with one attached hydrogen (secondary N) is 1. The van der Waals surface area contributed by atoms with Crippen molar-refractivity contribution < 1.29 is 9.53 Å². The molecule has 3 aromatic rings. The molecule has 0 bridgehead atoms. The van der Waals surface area contributed by atoms with Gasteiger partial charge in [-0.25, -0.2) is 4.68 Å². The minimum Gasteiger partial charge on any atom is -0.492 e. The maximum Gasteiger partial charge on any atom is 0.295 e. The predicted octanol–water partition coefficient (Wildman–Crippen LogP) is 3.79. The molecule has 0 spiro atoms. The topological polar surface area (TPSA) is 65.3 Å². The van der Waals surface area contributed by atoms with Gasteiger partial charge in [-0.1, -0.05) is 29.8 Å². The van der Waals surface area contributed by atoms with E-state index in [1.54, 1.807) is 30.8 Å². The van der Waals surface area contributed by atoms with Gasteiger partial charge in [0.05, 0.1) is 23.0 Å². The molecule has 3 rings (SSSR count). The summed E-state index contributed by atoms with van der Waals surface area (Å²) < 4.78 is 8.59. The Hall–Kier alpha value is -2.99. The first-order chi connectivity index (χ1) is 12.9. The maximum absolute atomic E-state index is 12.9. The number of carbonyl (C=O) groups excluding carboxylic acids is 1. The number of anilines is 1. The summed E-state index contributed by atoms with van der Waals surface area (Å²) >= 11 is 6.15. The summed E-state index contributed by atoms with van der Waals surface area (Å²) in [7, 11) is 1.77. The average Bonchev–Trinajstić information content (AvgIpc) is 2.87. The number of ether oxygens (including phenoxy) is 1. The minimum atomic E-state index is -0.411. The van der Waals surface area contributed by atoms with Crippen molar-refractivity contribution in [3.63, 3.8) is 0 Å². The summed E-state index contributed by atoms with van der Waals surface area (Å²) in [4.78, 5) is 25.5. The van der Waals surface area contributed by atoms with Crippen molar-refractivity contribution in [2.45, 2.75) is 13.8 Å². The van der Waals surface area contributed by atoms with Gasteiger partial charge in [-0.3, -0.25) is 14.3 Å². The molecule has 1 aromatic heterocycles. The molecule has 0 radical (unpaired) electrons. The van der Waals surface area contributed by atoms with Crippen molar-refractivity contribution in [2.24, 2.45) is 7.05 Å². The Bertz CT molecular complexity index is 1040. The fourth-order valence-corrected chi connectivity index (χ4v) is 3.05. The van der Waals surface area contributed by atoms with Crippen LogP contribution in [0.15, 0.2) is 53.3 Å². The Morgan fingerprint density at radius 3 is 2.52 bits per heavy atom. The number of amides is 1. The van der Waals surface area contributed by atoms with Crippen molar-refractivity contribution in [3.8, 4) is 11.4 Å².